The third-order valence-electron chi connectivity index (χ3n) is 4.70. The van der Waals surface area contributed by atoms with Crippen molar-refractivity contribution in [3.8, 4) is 0 Å². The number of nitrogens with two attached hydrogens (primary N) is 1. The second-order valence-corrected chi connectivity index (χ2v) is 6.51. The van der Waals surface area contributed by atoms with E-state index in [1.54, 1.807) is 0 Å². The van der Waals surface area contributed by atoms with E-state index in [-0.39, 0.29) is 5.54 Å². The van der Waals surface area contributed by atoms with E-state index in [4.69, 9.17) is 5.73 Å². The Balaban J connectivity index is 2.26. The van der Waals surface area contributed by atoms with Crippen molar-refractivity contribution in [2.45, 2.75) is 90.1 Å². The molecule has 1 aliphatic heterocycles. The first-order valence-corrected chi connectivity index (χ1v) is 8.09. The van der Waals surface area contributed by atoms with Crippen molar-refractivity contribution in [1.82, 2.24) is 4.90 Å². The second-order valence-electron chi connectivity index (χ2n) is 6.51. The van der Waals surface area contributed by atoms with E-state index in [2.05, 4.69) is 25.7 Å². The molecule has 1 unspecified atom stereocenters. The van der Waals surface area contributed by atoms with E-state index in [9.17, 15) is 0 Å². The summed E-state index contributed by atoms with van der Waals surface area (Å²) in [5.74, 6) is 0. The maximum Gasteiger partial charge on any atom is 0.0304 e. The van der Waals surface area contributed by atoms with Gasteiger partial charge in [-0.3, -0.25) is 4.90 Å². The molecular formula is C16H34N2. The molecule has 18 heavy (non-hydrogen) atoms. The maximum atomic E-state index is 6.46. The van der Waals surface area contributed by atoms with Crippen molar-refractivity contribution in [2.75, 3.05) is 13.1 Å². The molecule has 2 heteroatoms. The lowest BCUT2D eigenvalue weighted by Crippen LogP contribution is -2.57. The van der Waals surface area contributed by atoms with Crippen molar-refractivity contribution in [1.29, 1.82) is 0 Å². The fourth-order valence-corrected chi connectivity index (χ4v) is 3.03. The van der Waals surface area contributed by atoms with Gasteiger partial charge in [0, 0.05) is 11.6 Å². The van der Waals surface area contributed by atoms with Crippen molar-refractivity contribution in [3.05, 3.63) is 0 Å². The van der Waals surface area contributed by atoms with Gasteiger partial charge >= 0.3 is 0 Å². The number of likely N-dealkylation sites (tertiary alicyclic amines) is 1. The van der Waals surface area contributed by atoms with Gasteiger partial charge in [-0.2, -0.15) is 0 Å². The van der Waals surface area contributed by atoms with E-state index in [0.29, 0.717) is 6.04 Å². The molecule has 1 fully saturated rings. The predicted molar refractivity (Wildman–Crippen MR) is 80.9 cm³/mol. The van der Waals surface area contributed by atoms with E-state index in [1.165, 1.54) is 70.9 Å². The third kappa shape index (κ3) is 4.89. The number of unbranched alkanes of at least 4 members (excludes halogenated alkanes) is 4. The summed E-state index contributed by atoms with van der Waals surface area (Å²) in [6, 6.07) is 0.331. The summed E-state index contributed by atoms with van der Waals surface area (Å²) in [6.45, 7) is 9.45. The van der Waals surface area contributed by atoms with Crippen LogP contribution < -0.4 is 5.73 Å². The van der Waals surface area contributed by atoms with Crippen LogP contribution in [0.2, 0.25) is 0 Å². The summed E-state index contributed by atoms with van der Waals surface area (Å²) in [4.78, 5) is 2.62. The Kier molecular flexibility index (Phi) is 7.25. The Hall–Kier alpha value is -0.0800. The standard InChI is InChI=1S/C16H34N2/c1-4-5-6-7-9-12-15(17)16(2,3)18-13-10-8-11-14-18/h15H,4-14,17H2,1-3H3. The molecular weight excluding hydrogens is 220 g/mol. The largest absolute Gasteiger partial charge is 0.326 e. The van der Waals surface area contributed by atoms with Crippen LogP contribution in [0, 0.1) is 0 Å². The summed E-state index contributed by atoms with van der Waals surface area (Å²) in [6.07, 6.45) is 12.0. The maximum absolute atomic E-state index is 6.46. The lowest BCUT2D eigenvalue weighted by atomic mass is 9.87. The first kappa shape index (κ1) is 16.0. The zero-order chi connectivity index (χ0) is 13.4. The van der Waals surface area contributed by atoms with Crippen molar-refractivity contribution >= 4 is 0 Å². The Morgan fingerprint density at radius 1 is 1.00 bits per heavy atom. The summed E-state index contributed by atoms with van der Waals surface area (Å²) >= 11 is 0. The van der Waals surface area contributed by atoms with Gasteiger partial charge in [0.15, 0.2) is 0 Å². The Morgan fingerprint density at radius 3 is 2.22 bits per heavy atom. The van der Waals surface area contributed by atoms with Gasteiger partial charge in [-0.1, -0.05) is 45.4 Å². The van der Waals surface area contributed by atoms with E-state index < -0.39 is 0 Å². The van der Waals surface area contributed by atoms with Crippen molar-refractivity contribution in [2.24, 2.45) is 5.73 Å². The normalized spacial score (nSPS) is 20.0. The fourth-order valence-electron chi connectivity index (χ4n) is 3.03. The lowest BCUT2D eigenvalue weighted by Gasteiger charge is -2.44. The molecule has 0 aromatic heterocycles. The van der Waals surface area contributed by atoms with Gasteiger partial charge in [0.05, 0.1) is 0 Å². The first-order chi connectivity index (χ1) is 8.59. The minimum atomic E-state index is 0.186. The Bertz CT molecular complexity index is 207. The summed E-state index contributed by atoms with van der Waals surface area (Å²) < 4.78 is 0. The first-order valence-electron chi connectivity index (χ1n) is 8.09. The van der Waals surface area contributed by atoms with Gasteiger partial charge in [0.2, 0.25) is 0 Å². The highest BCUT2D eigenvalue weighted by Crippen LogP contribution is 2.25. The van der Waals surface area contributed by atoms with Gasteiger partial charge in [0.25, 0.3) is 0 Å². The zero-order valence-electron chi connectivity index (χ0n) is 12.9. The molecule has 2 nitrogen and oxygen atoms in total. The summed E-state index contributed by atoms with van der Waals surface area (Å²) in [5.41, 5.74) is 6.64. The van der Waals surface area contributed by atoms with Crippen LogP contribution >= 0.6 is 0 Å². The summed E-state index contributed by atoms with van der Waals surface area (Å²) in [5, 5.41) is 0. The monoisotopic (exact) mass is 254 g/mol. The average molecular weight is 254 g/mol. The highest BCUT2D eigenvalue weighted by Gasteiger charge is 2.33. The van der Waals surface area contributed by atoms with Gasteiger partial charge in [0.1, 0.15) is 0 Å². The average Bonchev–Trinajstić information content (AvgIpc) is 2.39. The molecule has 1 rings (SSSR count). The van der Waals surface area contributed by atoms with E-state index in [0.717, 1.165) is 0 Å². The lowest BCUT2D eigenvalue weighted by molar-refractivity contribution is 0.0698. The van der Waals surface area contributed by atoms with Crippen LogP contribution in [0.4, 0.5) is 0 Å². The molecule has 2 N–H and O–H groups in total. The number of piperidine rings is 1. The molecule has 0 saturated carbocycles. The quantitative estimate of drug-likeness (QED) is 0.665. The Morgan fingerprint density at radius 2 is 1.61 bits per heavy atom. The predicted octanol–water partition coefficient (Wildman–Crippen LogP) is 3.94. The molecule has 0 spiro atoms. The highest BCUT2D eigenvalue weighted by atomic mass is 15.2. The second kappa shape index (κ2) is 8.16. The van der Waals surface area contributed by atoms with Crippen LogP contribution in [0.1, 0.15) is 78.6 Å². The molecule has 0 aromatic rings. The number of hydrogen-bond acceptors (Lipinski definition) is 2. The van der Waals surface area contributed by atoms with Gasteiger partial charge in [-0.25, -0.2) is 0 Å². The van der Waals surface area contributed by atoms with Crippen LogP contribution in [0.5, 0.6) is 0 Å². The fraction of sp³-hybridized carbons (Fsp3) is 1.00. The molecule has 1 heterocycles. The number of nitrogens with zero attached hydrogens (tertiary/aromatic N) is 1. The molecule has 0 bridgehead atoms. The zero-order valence-corrected chi connectivity index (χ0v) is 12.9. The van der Waals surface area contributed by atoms with Crippen molar-refractivity contribution < 1.29 is 0 Å². The molecule has 1 aliphatic rings. The van der Waals surface area contributed by atoms with Crippen molar-refractivity contribution in [3.63, 3.8) is 0 Å². The highest BCUT2D eigenvalue weighted by molar-refractivity contribution is 4.92. The van der Waals surface area contributed by atoms with Gasteiger partial charge in [-0.05, 0) is 46.2 Å². The van der Waals surface area contributed by atoms with Crippen LogP contribution in [0.3, 0.4) is 0 Å². The Labute approximate surface area is 114 Å². The van der Waals surface area contributed by atoms with Crippen LogP contribution in [-0.2, 0) is 0 Å². The van der Waals surface area contributed by atoms with Crippen LogP contribution in [0.15, 0.2) is 0 Å². The molecule has 0 radical (unpaired) electrons. The van der Waals surface area contributed by atoms with Gasteiger partial charge in [-0.15, -0.1) is 0 Å². The summed E-state index contributed by atoms with van der Waals surface area (Å²) in [7, 11) is 0. The minimum Gasteiger partial charge on any atom is -0.326 e. The smallest absolute Gasteiger partial charge is 0.0304 e. The molecule has 0 aliphatic carbocycles. The van der Waals surface area contributed by atoms with Gasteiger partial charge < -0.3 is 5.73 Å². The number of rotatable bonds is 8. The topological polar surface area (TPSA) is 29.3 Å². The molecule has 0 amide bonds. The van der Waals surface area contributed by atoms with E-state index in [1.807, 2.05) is 0 Å². The minimum absolute atomic E-state index is 0.186. The molecule has 108 valence electrons. The van der Waals surface area contributed by atoms with Crippen LogP contribution in [0.25, 0.3) is 0 Å². The molecule has 1 saturated heterocycles. The van der Waals surface area contributed by atoms with E-state index >= 15 is 0 Å². The molecule has 0 aromatic carbocycles. The molecule has 1 atom stereocenters. The third-order valence-corrected chi connectivity index (χ3v) is 4.70. The van der Waals surface area contributed by atoms with Crippen LogP contribution in [-0.4, -0.2) is 29.6 Å². The SMILES string of the molecule is CCCCCCCC(N)C(C)(C)N1CCCCC1. The number of hydrogen-bond donors (Lipinski definition) is 1.